The smallest absolute Gasteiger partial charge is 0.317 e. The third-order valence-corrected chi connectivity index (χ3v) is 4.59. The van der Waals surface area contributed by atoms with E-state index in [-0.39, 0.29) is 17.9 Å². The van der Waals surface area contributed by atoms with Crippen LogP contribution in [0.15, 0.2) is 10.9 Å². The molecule has 2 aromatic rings. The van der Waals surface area contributed by atoms with Crippen LogP contribution in [0, 0.1) is 0 Å². The van der Waals surface area contributed by atoms with Crippen molar-refractivity contribution in [3.05, 3.63) is 23.9 Å². The highest BCUT2D eigenvalue weighted by Gasteiger charge is 2.29. The first-order valence-electron chi connectivity index (χ1n) is 9.31. The normalized spacial score (nSPS) is 17.7. The van der Waals surface area contributed by atoms with Crippen LogP contribution in [0.2, 0.25) is 0 Å². The largest absolute Gasteiger partial charge is 0.339 e. The summed E-state index contributed by atoms with van der Waals surface area (Å²) in [7, 11) is 0. The molecule has 0 saturated carbocycles. The number of urea groups is 1. The Morgan fingerprint density at radius 2 is 2.31 bits per heavy atom. The van der Waals surface area contributed by atoms with Gasteiger partial charge in [0.1, 0.15) is 6.33 Å². The summed E-state index contributed by atoms with van der Waals surface area (Å²) in [5, 5.41) is 15.0. The van der Waals surface area contributed by atoms with Gasteiger partial charge in [-0.2, -0.15) is 4.98 Å². The van der Waals surface area contributed by atoms with Crippen LogP contribution in [0.1, 0.15) is 69.4 Å². The number of hydrogen-bond donors (Lipinski definition) is 1. The van der Waals surface area contributed by atoms with Crippen molar-refractivity contribution < 1.29 is 9.32 Å². The molecule has 1 fully saturated rings. The van der Waals surface area contributed by atoms with E-state index in [9.17, 15) is 4.79 Å². The number of likely N-dealkylation sites (tertiary alicyclic amines) is 1. The average Bonchev–Trinajstić information content (AvgIpc) is 3.30. The minimum absolute atomic E-state index is 0.0932. The number of amides is 2. The molecule has 1 aliphatic rings. The Labute approximate surface area is 153 Å². The number of aromatic nitrogens is 5. The number of nitrogens with zero attached hydrogens (tertiary/aromatic N) is 6. The van der Waals surface area contributed by atoms with E-state index in [1.807, 2.05) is 23.3 Å². The van der Waals surface area contributed by atoms with Crippen molar-refractivity contribution >= 4 is 6.03 Å². The zero-order valence-electron chi connectivity index (χ0n) is 15.7. The van der Waals surface area contributed by atoms with Crippen LogP contribution in [0.25, 0.3) is 0 Å². The summed E-state index contributed by atoms with van der Waals surface area (Å²) < 4.78 is 7.38. The van der Waals surface area contributed by atoms with Gasteiger partial charge in [-0.05, 0) is 19.3 Å². The van der Waals surface area contributed by atoms with Crippen LogP contribution in [0.5, 0.6) is 0 Å². The number of carbonyl (C=O) groups is 1. The first-order valence-corrected chi connectivity index (χ1v) is 9.31. The first kappa shape index (κ1) is 18.3. The van der Waals surface area contributed by atoms with Crippen molar-refractivity contribution in [3.8, 4) is 0 Å². The molecule has 0 aliphatic carbocycles. The van der Waals surface area contributed by atoms with Gasteiger partial charge in [-0.1, -0.05) is 25.9 Å². The number of hydrogen-bond acceptors (Lipinski definition) is 6. The Hall–Kier alpha value is -2.45. The molecule has 1 aliphatic heterocycles. The molecule has 2 amide bonds. The second kappa shape index (κ2) is 8.29. The molecule has 1 saturated heterocycles. The number of carbonyl (C=O) groups excluding carboxylic acids is 1. The predicted octanol–water partition coefficient (Wildman–Crippen LogP) is 2.28. The van der Waals surface area contributed by atoms with Crippen LogP contribution in [-0.2, 0) is 13.1 Å². The monoisotopic (exact) mass is 361 g/mol. The van der Waals surface area contributed by atoms with Crippen molar-refractivity contribution in [2.24, 2.45) is 0 Å². The van der Waals surface area contributed by atoms with Crippen LogP contribution in [0.3, 0.4) is 0 Å². The second-order valence-corrected chi connectivity index (χ2v) is 7.03. The van der Waals surface area contributed by atoms with Gasteiger partial charge in [0.25, 0.3) is 0 Å². The molecule has 142 valence electrons. The lowest BCUT2D eigenvalue weighted by Crippen LogP contribution is -2.45. The van der Waals surface area contributed by atoms with Crippen molar-refractivity contribution in [3.63, 3.8) is 0 Å². The van der Waals surface area contributed by atoms with Gasteiger partial charge in [0.15, 0.2) is 11.6 Å². The minimum Gasteiger partial charge on any atom is -0.339 e. The highest BCUT2D eigenvalue weighted by molar-refractivity contribution is 5.74. The topological polar surface area (TPSA) is 102 Å². The first-order chi connectivity index (χ1) is 12.6. The average molecular weight is 361 g/mol. The fourth-order valence-corrected chi connectivity index (χ4v) is 3.12. The molecule has 0 bridgehead atoms. The molecular formula is C17H27N7O2. The summed E-state index contributed by atoms with van der Waals surface area (Å²) in [6.45, 7) is 8.71. The molecule has 9 nitrogen and oxygen atoms in total. The molecule has 0 radical (unpaired) electrons. The van der Waals surface area contributed by atoms with Crippen LogP contribution in [0.4, 0.5) is 4.79 Å². The number of nitrogens with one attached hydrogen (secondary N) is 1. The van der Waals surface area contributed by atoms with Crippen LogP contribution < -0.4 is 5.32 Å². The predicted molar refractivity (Wildman–Crippen MR) is 94.5 cm³/mol. The second-order valence-electron chi connectivity index (χ2n) is 7.03. The van der Waals surface area contributed by atoms with Gasteiger partial charge in [-0.25, -0.2) is 4.79 Å². The molecule has 3 heterocycles. The Balaban J connectivity index is 1.56. The molecular weight excluding hydrogens is 334 g/mol. The lowest BCUT2D eigenvalue weighted by atomic mass is 9.98. The number of piperidine rings is 1. The Morgan fingerprint density at radius 1 is 1.46 bits per heavy atom. The highest BCUT2D eigenvalue weighted by atomic mass is 16.5. The Morgan fingerprint density at radius 3 is 3.04 bits per heavy atom. The molecule has 2 aromatic heterocycles. The fourth-order valence-electron chi connectivity index (χ4n) is 3.12. The zero-order valence-corrected chi connectivity index (χ0v) is 15.7. The maximum Gasteiger partial charge on any atom is 0.317 e. The van der Waals surface area contributed by atoms with Crippen LogP contribution >= 0.6 is 0 Å². The van der Waals surface area contributed by atoms with Gasteiger partial charge in [0.05, 0.1) is 12.5 Å². The lowest BCUT2D eigenvalue weighted by Gasteiger charge is -2.31. The Bertz CT molecular complexity index is 724. The lowest BCUT2D eigenvalue weighted by molar-refractivity contribution is 0.171. The van der Waals surface area contributed by atoms with Gasteiger partial charge in [0.2, 0.25) is 5.89 Å². The SMILES string of the molecule is CCCn1cnnc1CNC(=O)N1CCC[C@H](c2nc(C(C)C)no2)C1. The van der Waals surface area contributed by atoms with E-state index in [1.165, 1.54) is 0 Å². The fraction of sp³-hybridized carbons (Fsp3) is 0.706. The standard InChI is InChI=1S/C17H27N7O2/c1-4-7-24-11-19-21-14(24)9-18-17(25)23-8-5-6-13(10-23)16-20-15(12(2)3)22-26-16/h11-13H,4-10H2,1-3H3,(H,18,25)/t13-/m0/s1. The Kier molecular flexibility index (Phi) is 5.85. The minimum atomic E-state index is -0.0932. The number of aryl methyl sites for hydroxylation is 1. The third-order valence-electron chi connectivity index (χ3n) is 4.59. The molecule has 0 aromatic carbocycles. The van der Waals surface area contributed by atoms with E-state index >= 15 is 0 Å². The summed E-state index contributed by atoms with van der Waals surface area (Å²) in [5.41, 5.74) is 0. The van der Waals surface area contributed by atoms with Crippen molar-refractivity contribution in [2.75, 3.05) is 13.1 Å². The van der Waals surface area contributed by atoms with Crippen molar-refractivity contribution in [1.82, 2.24) is 35.1 Å². The van der Waals surface area contributed by atoms with Gasteiger partial charge in [-0.3, -0.25) is 0 Å². The molecule has 0 unspecified atom stereocenters. The summed E-state index contributed by atoms with van der Waals surface area (Å²) in [4.78, 5) is 18.8. The zero-order chi connectivity index (χ0) is 18.5. The van der Waals surface area contributed by atoms with Crippen LogP contribution in [-0.4, -0.2) is 48.9 Å². The van der Waals surface area contributed by atoms with E-state index in [4.69, 9.17) is 4.52 Å². The third kappa shape index (κ3) is 4.20. The number of rotatable bonds is 6. The molecule has 1 N–H and O–H groups in total. The molecule has 9 heteroatoms. The van der Waals surface area contributed by atoms with Gasteiger partial charge in [0, 0.05) is 25.6 Å². The van der Waals surface area contributed by atoms with E-state index in [0.717, 1.165) is 44.0 Å². The summed E-state index contributed by atoms with van der Waals surface area (Å²) in [6, 6.07) is -0.0932. The van der Waals surface area contributed by atoms with Gasteiger partial charge < -0.3 is 19.3 Å². The van der Waals surface area contributed by atoms with Gasteiger partial charge in [-0.15, -0.1) is 10.2 Å². The summed E-state index contributed by atoms with van der Waals surface area (Å²) in [6.07, 6.45) is 4.57. The quantitative estimate of drug-likeness (QED) is 0.847. The van der Waals surface area contributed by atoms with E-state index in [1.54, 1.807) is 6.33 Å². The molecule has 0 spiro atoms. The van der Waals surface area contributed by atoms with Gasteiger partial charge >= 0.3 is 6.03 Å². The molecule has 1 atom stereocenters. The molecule has 26 heavy (non-hydrogen) atoms. The molecule has 3 rings (SSSR count). The van der Waals surface area contributed by atoms with E-state index in [0.29, 0.717) is 19.0 Å². The highest BCUT2D eigenvalue weighted by Crippen LogP contribution is 2.26. The summed E-state index contributed by atoms with van der Waals surface area (Å²) in [5.74, 6) is 2.45. The summed E-state index contributed by atoms with van der Waals surface area (Å²) >= 11 is 0. The van der Waals surface area contributed by atoms with Crippen molar-refractivity contribution in [1.29, 1.82) is 0 Å². The maximum absolute atomic E-state index is 12.5. The van der Waals surface area contributed by atoms with E-state index in [2.05, 4.69) is 32.6 Å². The van der Waals surface area contributed by atoms with Crippen molar-refractivity contribution in [2.45, 2.75) is 65.0 Å². The van der Waals surface area contributed by atoms with E-state index < -0.39 is 0 Å². The maximum atomic E-state index is 12.5.